The number of piperidine rings is 1. The molecule has 5 rings (SSSR count). The molecule has 0 unspecified atom stereocenters. The van der Waals surface area contributed by atoms with E-state index in [1.54, 1.807) is 10.7 Å². The molecule has 35 heavy (non-hydrogen) atoms. The fraction of sp³-hybridized carbons (Fsp3) is 0.333. The van der Waals surface area contributed by atoms with E-state index in [4.69, 9.17) is 19.4 Å². The molecule has 1 fully saturated rings. The number of sulfonamides is 1. The standard InChI is InChI=1S/C24H24BClFN5O2S/c25-20-15-29-32-23(13-22(30-24(20)32)19-3-1-2-4-21(19)26)28-14-16-9-11-31(12-10-16)35(33,34)18-7-5-17(27)6-8-18/h1,3,5-8,13,15-16,28H,2,4,9-12,14H2. The van der Waals surface area contributed by atoms with Crippen molar-refractivity contribution in [1.82, 2.24) is 18.9 Å². The quantitative estimate of drug-likeness (QED) is 0.513. The lowest BCUT2D eigenvalue weighted by molar-refractivity contribution is 0.282. The summed E-state index contributed by atoms with van der Waals surface area (Å²) in [6.45, 7) is 1.46. The number of hydrogen-bond donors (Lipinski definition) is 1. The van der Waals surface area contributed by atoms with E-state index in [0.29, 0.717) is 43.6 Å². The molecule has 0 amide bonds. The summed E-state index contributed by atoms with van der Waals surface area (Å²) in [5.41, 5.74) is 2.64. The first-order valence-corrected chi connectivity index (χ1v) is 13.3. The SMILES string of the molecule is [B]c1cnn2c(NCC3CCN(S(=O)(=O)c4ccc(F)cc4)CC3)cc(C3=C(Cl)CCC=C3)nc12. The molecule has 0 spiro atoms. The van der Waals surface area contributed by atoms with E-state index in [1.165, 1.54) is 28.6 Å². The molecule has 2 aliphatic rings. The number of rotatable bonds is 6. The van der Waals surface area contributed by atoms with Gasteiger partial charge < -0.3 is 5.32 Å². The molecule has 11 heteroatoms. The van der Waals surface area contributed by atoms with Crippen molar-refractivity contribution in [3.63, 3.8) is 0 Å². The third-order valence-electron chi connectivity index (χ3n) is 6.48. The van der Waals surface area contributed by atoms with Crippen LogP contribution in [0.3, 0.4) is 0 Å². The lowest BCUT2D eigenvalue weighted by atomic mass is 9.98. The molecule has 7 nitrogen and oxygen atoms in total. The molecular weight excluding hydrogens is 488 g/mol. The predicted octanol–water partition coefficient (Wildman–Crippen LogP) is 3.47. The molecule has 3 heterocycles. The van der Waals surface area contributed by atoms with Crippen LogP contribution >= 0.6 is 11.6 Å². The highest BCUT2D eigenvalue weighted by molar-refractivity contribution is 7.89. The molecule has 1 aliphatic heterocycles. The number of anilines is 1. The smallest absolute Gasteiger partial charge is 0.243 e. The maximum atomic E-state index is 13.2. The highest BCUT2D eigenvalue weighted by Crippen LogP contribution is 2.31. The van der Waals surface area contributed by atoms with Gasteiger partial charge in [0.1, 0.15) is 19.5 Å². The maximum absolute atomic E-state index is 13.2. The summed E-state index contributed by atoms with van der Waals surface area (Å²) in [6, 6.07) is 6.87. The van der Waals surface area contributed by atoms with Crippen LogP contribution in [0.4, 0.5) is 10.2 Å². The molecule has 0 bridgehead atoms. The number of allylic oxidation sites excluding steroid dienone is 4. The molecule has 0 saturated carbocycles. The lowest BCUT2D eigenvalue weighted by Gasteiger charge is -2.31. The number of nitrogens with zero attached hydrogens (tertiary/aromatic N) is 4. The normalized spacial score (nSPS) is 17.9. The summed E-state index contributed by atoms with van der Waals surface area (Å²) in [7, 11) is 2.47. The summed E-state index contributed by atoms with van der Waals surface area (Å²) >= 11 is 6.48. The maximum Gasteiger partial charge on any atom is 0.243 e. The fourth-order valence-corrected chi connectivity index (χ4v) is 6.20. The first-order valence-electron chi connectivity index (χ1n) is 11.5. The Morgan fingerprint density at radius 2 is 1.94 bits per heavy atom. The number of hydrogen-bond acceptors (Lipinski definition) is 5. The van der Waals surface area contributed by atoms with Crippen molar-refractivity contribution in [2.45, 2.75) is 30.6 Å². The van der Waals surface area contributed by atoms with Crippen molar-refractivity contribution >= 4 is 52.0 Å². The van der Waals surface area contributed by atoms with Gasteiger partial charge >= 0.3 is 0 Å². The van der Waals surface area contributed by atoms with Gasteiger partial charge in [-0.1, -0.05) is 23.8 Å². The van der Waals surface area contributed by atoms with Gasteiger partial charge in [-0.05, 0) is 61.3 Å². The van der Waals surface area contributed by atoms with Gasteiger partial charge in [-0.15, -0.1) is 0 Å². The van der Waals surface area contributed by atoms with E-state index in [0.717, 1.165) is 35.0 Å². The van der Waals surface area contributed by atoms with Crippen molar-refractivity contribution in [2.24, 2.45) is 5.92 Å². The second-order valence-electron chi connectivity index (χ2n) is 8.80. The van der Waals surface area contributed by atoms with Crippen LogP contribution in [-0.4, -0.2) is 54.8 Å². The van der Waals surface area contributed by atoms with Gasteiger partial charge in [0.2, 0.25) is 10.0 Å². The number of halogens is 2. The molecule has 1 aliphatic carbocycles. The van der Waals surface area contributed by atoms with Crippen LogP contribution in [0, 0.1) is 11.7 Å². The minimum absolute atomic E-state index is 0.114. The zero-order valence-electron chi connectivity index (χ0n) is 19.0. The second kappa shape index (κ2) is 9.75. The fourth-order valence-electron chi connectivity index (χ4n) is 4.46. The van der Waals surface area contributed by atoms with Crippen LogP contribution in [0.2, 0.25) is 0 Å². The largest absolute Gasteiger partial charge is 0.370 e. The van der Waals surface area contributed by atoms with Crippen LogP contribution in [-0.2, 0) is 10.0 Å². The molecule has 2 aromatic heterocycles. The molecule has 1 N–H and O–H groups in total. The van der Waals surface area contributed by atoms with E-state index in [-0.39, 0.29) is 10.8 Å². The van der Waals surface area contributed by atoms with Crippen LogP contribution in [0.25, 0.3) is 11.2 Å². The Morgan fingerprint density at radius 3 is 2.66 bits per heavy atom. The number of aromatic nitrogens is 3. The summed E-state index contributed by atoms with van der Waals surface area (Å²) < 4.78 is 42.1. The van der Waals surface area contributed by atoms with Gasteiger partial charge in [0.05, 0.1) is 10.6 Å². The van der Waals surface area contributed by atoms with E-state index in [9.17, 15) is 12.8 Å². The molecule has 3 aromatic rings. The zero-order valence-corrected chi connectivity index (χ0v) is 20.6. The average Bonchev–Trinajstić information content (AvgIpc) is 3.24. The number of fused-ring (bicyclic) bond motifs is 1. The molecule has 180 valence electrons. The summed E-state index contributed by atoms with van der Waals surface area (Å²) in [4.78, 5) is 4.79. The summed E-state index contributed by atoms with van der Waals surface area (Å²) in [5, 5.41) is 8.59. The van der Waals surface area contributed by atoms with Crippen molar-refractivity contribution in [1.29, 1.82) is 0 Å². The van der Waals surface area contributed by atoms with Gasteiger partial charge in [0.25, 0.3) is 0 Å². The highest BCUT2D eigenvalue weighted by atomic mass is 35.5. The van der Waals surface area contributed by atoms with E-state index < -0.39 is 15.8 Å². The number of nitrogens with one attached hydrogen (secondary N) is 1. The molecule has 1 aromatic carbocycles. The Bertz CT molecular complexity index is 1410. The van der Waals surface area contributed by atoms with Gasteiger partial charge in [0.15, 0.2) is 5.65 Å². The Hall–Kier alpha value is -2.69. The zero-order chi connectivity index (χ0) is 24.6. The Morgan fingerprint density at radius 1 is 1.20 bits per heavy atom. The lowest BCUT2D eigenvalue weighted by Crippen LogP contribution is -2.39. The van der Waals surface area contributed by atoms with Crippen molar-refractivity contribution in [2.75, 3.05) is 25.0 Å². The van der Waals surface area contributed by atoms with Crippen molar-refractivity contribution in [3.8, 4) is 0 Å². The van der Waals surface area contributed by atoms with E-state index >= 15 is 0 Å². The molecule has 0 atom stereocenters. The van der Waals surface area contributed by atoms with Crippen LogP contribution in [0.5, 0.6) is 0 Å². The predicted molar refractivity (Wildman–Crippen MR) is 136 cm³/mol. The molecule has 1 saturated heterocycles. The monoisotopic (exact) mass is 511 g/mol. The van der Waals surface area contributed by atoms with Crippen molar-refractivity contribution < 1.29 is 12.8 Å². The molecular formula is C24H24BClFN5O2S. The van der Waals surface area contributed by atoms with Crippen LogP contribution in [0.1, 0.15) is 31.4 Å². The third kappa shape index (κ3) is 4.87. The second-order valence-corrected chi connectivity index (χ2v) is 11.2. The van der Waals surface area contributed by atoms with E-state index in [2.05, 4.69) is 21.5 Å². The third-order valence-corrected chi connectivity index (χ3v) is 8.78. The first kappa shape index (κ1) is 24.0. The summed E-state index contributed by atoms with van der Waals surface area (Å²) in [6.07, 6.45) is 8.72. The molecule has 2 radical (unpaired) electrons. The van der Waals surface area contributed by atoms with Gasteiger partial charge in [0, 0.05) is 42.5 Å². The topological polar surface area (TPSA) is 79.6 Å². The Labute approximate surface area is 210 Å². The van der Waals surface area contributed by atoms with Crippen LogP contribution in [0.15, 0.2) is 58.6 Å². The minimum atomic E-state index is -3.63. The first-order chi connectivity index (χ1) is 16.8. The van der Waals surface area contributed by atoms with Gasteiger partial charge in [-0.3, -0.25) is 0 Å². The highest BCUT2D eigenvalue weighted by Gasteiger charge is 2.29. The van der Waals surface area contributed by atoms with Gasteiger partial charge in [-0.25, -0.2) is 17.8 Å². The summed E-state index contributed by atoms with van der Waals surface area (Å²) in [5.74, 6) is 0.560. The Kier molecular flexibility index (Phi) is 6.70. The average molecular weight is 512 g/mol. The van der Waals surface area contributed by atoms with Gasteiger partial charge in [-0.2, -0.15) is 13.9 Å². The van der Waals surface area contributed by atoms with Crippen LogP contribution < -0.4 is 10.8 Å². The number of benzene rings is 1. The van der Waals surface area contributed by atoms with Crippen molar-refractivity contribution in [3.05, 3.63) is 65.2 Å². The van der Waals surface area contributed by atoms with E-state index in [1.807, 2.05) is 12.1 Å². The Balaban J connectivity index is 1.29. The minimum Gasteiger partial charge on any atom is -0.370 e.